The van der Waals surface area contributed by atoms with E-state index in [1.54, 1.807) is 17.3 Å². The number of nitrogens with zero attached hydrogens (tertiary/aromatic N) is 3. The second kappa shape index (κ2) is 4.95. The van der Waals surface area contributed by atoms with Crippen LogP contribution in [0.3, 0.4) is 0 Å². The second-order valence-electron chi connectivity index (χ2n) is 4.18. The summed E-state index contributed by atoms with van der Waals surface area (Å²) in [6, 6.07) is 0. The first kappa shape index (κ1) is 12.2. The Morgan fingerprint density at radius 1 is 1.44 bits per heavy atom. The van der Waals surface area contributed by atoms with Gasteiger partial charge in [-0.25, -0.2) is 9.97 Å². The van der Waals surface area contributed by atoms with Crippen LogP contribution in [0, 0.1) is 0 Å². The quantitative estimate of drug-likeness (QED) is 0.765. The van der Waals surface area contributed by atoms with Gasteiger partial charge >= 0.3 is 0 Å². The van der Waals surface area contributed by atoms with Gasteiger partial charge in [0.15, 0.2) is 0 Å². The van der Waals surface area contributed by atoms with Gasteiger partial charge in [-0.15, -0.1) is 0 Å². The predicted molar refractivity (Wildman–Crippen MR) is 64.7 cm³/mol. The normalized spacial score (nSPS) is 18.7. The van der Waals surface area contributed by atoms with E-state index in [0.29, 0.717) is 13.1 Å². The Hall–Kier alpha value is -2.24. The maximum atomic E-state index is 11.4. The maximum absolute atomic E-state index is 11.4. The number of carbonyl (C=O) groups is 2. The summed E-state index contributed by atoms with van der Waals surface area (Å²) < 4.78 is 0. The number of hydrogen-bond acceptors (Lipinski definition) is 4. The summed E-state index contributed by atoms with van der Waals surface area (Å²) in [5.41, 5.74) is 5.99. The molecule has 2 heterocycles. The standard InChI is InChI=1S/C12H14N4O2/c1-2-10(17)16-4-3-8(7-16)9-5-14-12(11(13)18)15-6-9/h2,5-6,8H,1,3-4,7H2,(H2,13,18)/t8-/m0/s1. The van der Waals surface area contributed by atoms with Crippen molar-refractivity contribution in [3.63, 3.8) is 0 Å². The fourth-order valence-corrected chi connectivity index (χ4v) is 2.04. The van der Waals surface area contributed by atoms with Gasteiger partial charge in [-0.1, -0.05) is 6.58 Å². The molecule has 1 aromatic heterocycles. The minimum absolute atomic E-state index is 0.00997. The second-order valence-corrected chi connectivity index (χ2v) is 4.18. The lowest BCUT2D eigenvalue weighted by Gasteiger charge is -2.14. The van der Waals surface area contributed by atoms with Gasteiger partial charge in [0, 0.05) is 31.4 Å². The molecule has 2 amide bonds. The molecule has 1 aromatic rings. The Morgan fingerprint density at radius 2 is 2.11 bits per heavy atom. The van der Waals surface area contributed by atoms with Crippen LogP contribution in [0.4, 0.5) is 0 Å². The molecule has 1 aliphatic heterocycles. The van der Waals surface area contributed by atoms with Crippen LogP contribution in [0.5, 0.6) is 0 Å². The molecule has 0 aliphatic carbocycles. The minimum atomic E-state index is -0.642. The molecular weight excluding hydrogens is 232 g/mol. The fourth-order valence-electron chi connectivity index (χ4n) is 2.04. The Labute approximate surface area is 105 Å². The lowest BCUT2D eigenvalue weighted by molar-refractivity contribution is -0.125. The summed E-state index contributed by atoms with van der Waals surface area (Å²) in [4.78, 5) is 31.8. The Kier molecular flexibility index (Phi) is 3.36. The summed E-state index contributed by atoms with van der Waals surface area (Å²) in [7, 11) is 0. The minimum Gasteiger partial charge on any atom is -0.363 e. The summed E-state index contributed by atoms with van der Waals surface area (Å²) in [5.74, 6) is -0.491. The van der Waals surface area contributed by atoms with Crippen LogP contribution in [0.2, 0.25) is 0 Å². The lowest BCUT2D eigenvalue weighted by atomic mass is 10.0. The van der Waals surface area contributed by atoms with Crippen molar-refractivity contribution in [2.24, 2.45) is 5.73 Å². The molecule has 6 nitrogen and oxygen atoms in total. The van der Waals surface area contributed by atoms with Gasteiger partial charge in [-0.3, -0.25) is 9.59 Å². The van der Waals surface area contributed by atoms with Crippen molar-refractivity contribution in [1.29, 1.82) is 0 Å². The highest BCUT2D eigenvalue weighted by atomic mass is 16.2. The highest BCUT2D eigenvalue weighted by Crippen LogP contribution is 2.26. The Balaban J connectivity index is 2.07. The highest BCUT2D eigenvalue weighted by molar-refractivity contribution is 5.88. The monoisotopic (exact) mass is 246 g/mol. The molecule has 0 spiro atoms. The maximum Gasteiger partial charge on any atom is 0.286 e. The third kappa shape index (κ3) is 2.37. The number of amides is 2. The molecule has 0 unspecified atom stereocenters. The number of nitrogens with two attached hydrogens (primary N) is 1. The molecule has 94 valence electrons. The van der Waals surface area contributed by atoms with E-state index in [0.717, 1.165) is 12.0 Å². The van der Waals surface area contributed by atoms with Gasteiger partial charge in [-0.2, -0.15) is 0 Å². The lowest BCUT2D eigenvalue weighted by Crippen LogP contribution is -2.26. The van der Waals surface area contributed by atoms with E-state index in [1.807, 2.05) is 0 Å². The number of hydrogen-bond donors (Lipinski definition) is 1. The summed E-state index contributed by atoms with van der Waals surface area (Å²) >= 11 is 0. The molecular formula is C12H14N4O2. The van der Waals surface area contributed by atoms with Crippen molar-refractivity contribution >= 4 is 11.8 Å². The smallest absolute Gasteiger partial charge is 0.286 e. The van der Waals surface area contributed by atoms with E-state index in [-0.39, 0.29) is 17.6 Å². The van der Waals surface area contributed by atoms with E-state index in [4.69, 9.17) is 5.73 Å². The molecule has 2 N–H and O–H groups in total. The average Bonchev–Trinajstić information content (AvgIpc) is 2.87. The van der Waals surface area contributed by atoms with Gasteiger partial charge in [0.1, 0.15) is 0 Å². The first-order valence-electron chi connectivity index (χ1n) is 5.65. The van der Waals surface area contributed by atoms with E-state index in [1.165, 1.54) is 6.08 Å². The van der Waals surface area contributed by atoms with Gasteiger partial charge in [0.25, 0.3) is 5.91 Å². The van der Waals surface area contributed by atoms with Crippen LogP contribution < -0.4 is 5.73 Å². The number of likely N-dealkylation sites (tertiary alicyclic amines) is 1. The molecule has 0 bridgehead atoms. The van der Waals surface area contributed by atoms with E-state index >= 15 is 0 Å². The number of rotatable bonds is 3. The van der Waals surface area contributed by atoms with Crippen LogP contribution in [0.15, 0.2) is 25.0 Å². The van der Waals surface area contributed by atoms with Crippen molar-refractivity contribution in [1.82, 2.24) is 14.9 Å². The Bertz CT molecular complexity index is 483. The van der Waals surface area contributed by atoms with Crippen LogP contribution >= 0.6 is 0 Å². The molecule has 18 heavy (non-hydrogen) atoms. The van der Waals surface area contributed by atoms with Gasteiger partial charge in [0.05, 0.1) is 0 Å². The number of aromatic nitrogens is 2. The van der Waals surface area contributed by atoms with E-state index in [9.17, 15) is 9.59 Å². The molecule has 0 radical (unpaired) electrons. The molecule has 1 saturated heterocycles. The topological polar surface area (TPSA) is 89.2 Å². The highest BCUT2D eigenvalue weighted by Gasteiger charge is 2.26. The van der Waals surface area contributed by atoms with Gasteiger partial charge < -0.3 is 10.6 Å². The van der Waals surface area contributed by atoms with Crippen molar-refractivity contribution < 1.29 is 9.59 Å². The van der Waals surface area contributed by atoms with Crippen molar-refractivity contribution in [2.45, 2.75) is 12.3 Å². The summed E-state index contributed by atoms with van der Waals surface area (Å²) in [6.45, 7) is 4.80. The predicted octanol–water partition coefficient (Wildman–Crippen LogP) is 0.0774. The van der Waals surface area contributed by atoms with Crippen LogP contribution in [0.1, 0.15) is 28.5 Å². The summed E-state index contributed by atoms with van der Waals surface area (Å²) in [6.07, 6.45) is 5.37. The SMILES string of the molecule is C=CC(=O)N1CC[C@H](c2cnc(C(N)=O)nc2)C1. The summed E-state index contributed by atoms with van der Waals surface area (Å²) in [5, 5.41) is 0. The zero-order valence-corrected chi connectivity index (χ0v) is 9.87. The van der Waals surface area contributed by atoms with E-state index < -0.39 is 5.91 Å². The first-order valence-corrected chi connectivity index (χ1v) is 5.65. The first-order chi connectivity index (χ1) is 8.61. The molecule has 1 fully saturated rings. The molecule has 0 aromatic carbocycles. The number of carbonyl (C=O) groups excluding carboxylic acids is 2. The molecule has 1 atom stereocenters. The van der Waals surface area contributed by atoms with Gasteiger partial charge in [-0.05, 0) is 18.1 Å². The third-order valence-corrected chi connectivity index (χ3v) is 3.04. The average molecular weight is 246 g/mol. The van der Waals surface area contributed by atoms with Gasteiger partial charge in [0.2, 0.25) is 11.7 Å². The van der Waals surface area contributed by atoms with Crippen LogP contribution in [-0.4, -0.2) is 39.8 Å². The van der Waals surface area contributed by atoms with Crippen LogP contribution in [0.25, 0.3) is 0 Å². The molecule has 6 heteroatoms. The van der Waals surface area contributed by atoms with Crippen LogP contribution in [-0.2, 0) is 4.79 Å². The molecule has 1 aliphatic rings. The van der Waals surface area contributed by atoms with E-state index in [2.05, 4.69) is 16.5 Å². The molecule has 0 saturated carbocycles. The largest absolute Gasteiger partial charge is 0.363 e. The zero-order valence-electron chi connectivity index (χ0n) is 9.87. The molecule has 2 rings (SSSR count). The Morgan fingerprint density at radius 3 is 2.67 bits per heavy atom. The number of primary amides is 1. The fraction of sp³-hybridized carbons (Fsp3) is 0.333. The van der Waals surface area contributed by atoms with Crippen molar-refractivity contribution in [3.05, 3.63) is 36.4 Å². The third-order valence-electron chi connectivity index (χ3n) is 3.04. The zero-order chi connectivity index (χ0) is 13.1. The van der Waals surface area contributed by atoms with Crippen molar-refractivity contribution in [2.75, 3.05) is 13.1 Å². The van der Waals surface area contributed by atoms with Crippen molar-refractivity contribution in [3.8, 4) is 0 Å².